The van der Waals surface area contributed by atoms with E-state index in [9.17, 15) is 9.90 Å². The number of carboxylic acid groups (broad SMARTS) is 1. The standard InChI is InChI=1S/C15H19BrN4O2/c1-14(2)8(12(21)22)4-5-15(14,3)13-19-10(16)9-11(17)18-6-7-20(9)13/h6-8H,4-5H2,1-3H3,(H2,17,18)(H,21,22)/t8-,15+/m0/s1. The molecular weight excluding hydrogens is 348 g/mol. The van der Waals surface area contributed by atoms with Gasteiger partial charge in [0, 0.05) is 17.8 Å². The van der Waals surface area contributed by atoms with Gasteiger partial charge in [0.2, 0.25) is 0 Å². The highest BCUT2D eigenvalue weighted by atomic mass is 79.9. The van der Waals surface area contributed by atoms with Crippen molar-refractivity contribution in [3.8, 4) is 0 Å². The summed E-state index contributed by atoms with van der Waals surface area (Å²) in [6, 6.07) is 0. The fourth-order valence-corrected chi connectivity index (χ4v) is 4.30. The number of hydrogen-bond donors (Lipinski definition) is 2. The molecule has 22 heavy (non-hydrogen) atoms. The van der Waals surface area contributed by atoms with Gasteiger partial charge in [-0.3, -0.25) is 9.20 Å². The zero-order chi connectivity index (χ0) is 16.3. The first-order chi connectivity index (χ1) is 10.2. The smallest absolute Gasteiger partial charge is 0.307 e. The highest BCUT2D eigenvalue weighted by Crippen LogP contribution is 2.57. The van der Waals surface area contributed by atoms with Gasteiger partial charge in [-0.15, -0.1) is 0 Å². The predicted octanol–water partition coefficient (Wildman–Crippen LogP) is 2.85. The molecule has 0 aliphatic heterocycles. The van der Waals surface area contributed by atoms with Gasteiger partial charge < -0.3 is 10.8 Å². The monoisotopic (exact) mass is 366 g/mol. The third-order valence-electron chi connectivity index (χ3n) is 5.56. The summed E-state index contributed by atoms with van der Waals surface area (Å²) in [7, 11) is 0. The van der Waals surface area contributed by atoms with Crippen molar-refractivity contribution in [2.45, 2.75) is 39.0 Å². The number of nitrogens with zero attached hydrogens (tertiary/aromatic N) is 3. The first kappa shape index (κ1) is 15.3. The van der Waals surface area contributed by atoms with Gasteiger partial charge >= 0.3 is 5.97 Å². The Morgan fingerprint density at radius 3 is 2.77 bits per heavy atom. The second-order valence-corrected chi connectivity index (χ2v) is 7.49. The molecule has 0 aromatic carbocycles. The molecule has 3 rings (SSSR count). The van der Waals surface area contributed by atoms with Gasteiger partial charge in [-0.2, -0.15) is 0 Å². The molecule has 2 aromatic rings. The van der Waals surface area contributed by atoms with Crippen molar-refractivity contribution in [3.05, 3.63) is 22.8 Å². The molecule has 3 N–H and O–H groups in total. The van der Waals surface area contributed by atoms with E-state index in [4.69, 9.17) is 5.73 Å². The van der Waals surface area contributed by atoms with Crippen LogP contribution in [-0.4, -0.2) is 25.4 Å². The number of imidazole rings is 1. The van der Waals surface area contributed by atoms with Crippen molar-refractivity contribution in [2.24, 2.45) is 11.3 Å². The van der Waals surface area contributed by atoms with Crippen molar-refractivity contribution >= 4 is 33.2 Å². The first-order valence-corrected chi connectivity index (χ1v) is 8.01. The molecule has 2 atom stereocenters. The Labute approximate surface area is 136 Å². The van der Waals surface area contributed by atoms with Crippen molar-refractivity contribution in [1.29, 1.82) is 0 Å². The minimum atomic E-state index is -0.741. The number of nitrogen functional groups attached to an aromatic ring is 1. The topological polar surface area (TPSA) is 93.5 Å². The molecule has 1 fully saturated rings. The lowest BCUT2D eigenvalue weighted by Gasteiger charge is -2.39. The molecule has 0 unspecified atom stereocenters. The molecule has 2 aromatic heterocycles. The van der Waals surface area contributed by atoms with Gasteiger partial charge in [0.15, 0.2) is 5.82 Å². The number of carboxylic acids is 1. The van der Waals surface area contributed by atoms with E-state index in [1.165, 1.54) is 0 Å². The van der Waals surface area contributed by atoms with Crippen molar-refractivity contribution in [2.75, 3.05) is 5.73 Å². The normalized spacial score (nSPS) is 27.4. The summed E-state index contributed by atoms with van der Waals surface area (Å²) >= 11 is 3.45. The maximum atomic E-state index is 11.6. The molecule has 7 heteroatoms. The number of aromatic nitrogens is 3. The Morgan fingerprint density at radius 1 is 1.50 bits per heavy atom. The third-order valence-corrected chi connectivity index (χ3v) is 6.11. The van der Waals surface area contributed by atoms with Gasteiger partial charge in [0.25, 0.3) is 0 Å². The van der Waals surface area contributed by atoms with Crippen molar-refractivity contribution in [3.63, 3.8) is 0 Å². The zero-order valence-corrected chi connectivity index (χ0v) is 14.4. The number of anilines is 1. The van der Waals surface area contributed by atoms with Gasteiger partial charge in [0.1, 0.15) is 15.9 Å². The number of carbonyl (C=O) groups is 1. The Kier molecular flexibility index (Phi) is 3.25. The Morgan fingerprint density at radius 2 is 2.18 bits per heavy atom. The van der Waals surface area contributed by atoms with E-state index in [-0.39, 0.29) is 11.3 Å². The quantitative estimate of drug-likeness (QED) is 0.851. The highest BCUT2D eigenvalue weighted by molar-refractivity contribution is 9.10. The van der Waals surface area contributed by atoms with E-state index in [1.807, 2.05) is 24.4 Å². The summed E-state index contributed by atoms with van der Waals surface area (Å²) in [6.45, 7) is 6.12. The lowest BCUT2D eigenvalue weighted by molar-refractivity contribution is -0.145. The largest absolute Gasteiger partial charge is 0.481 e. The molecule has 6 nitrogen and oxygen atoms in total. The number of fused-ring (bicyclic) bond motifs is 1. The Hall–Kier alpha value is -1.63. The number of nitrogens with two attached hydrogens (primary N) is 1. The van der Waals surface area contributed by atoms with Crippen LogP contribution >= 0.6 is 15.9 Å². The lowest BCUT2D eigenvalue weighted by atomic mass is 9.65. The van der Waals surface area contributed by atoms with Gasteiger partial charge in [0.05, 0.1) is 5.92 Å². The van der Waals surface area contributed by atoms with Crippen LogP contribution in [0.5, 0.6) is 0 Å². The molecule has 0 radical (unpaired) electrons. The second kappa shape index (κ2) is 4.68. The zero-order valence-electron chi connectivity index (χ0n) is 12.8. The number of hydrogen-bond acceptors (Lipinski definition) is 4. The summed E-state index contributed by atoms with van der Waals surface area (Å²) in [5.74, 6) is 0.109. The van der Waals surface area contributed by atoms with Crippen LogP contribution in [-0.2, 0) is 10.2 Å². The minimum absolute atomic E-state index is 0.362. The van der Waals surface area contributed by atoms with Gasteiger partial charge in [-0.05, 0) is 34.2 Å². The SMILES string of the molecule is CC1(C)[C@H](C(=O)O)CC[C@]1(C)c1nc(Br)c2c(N)nccn12. The summed E-state index contributed by atoms with van der Waals surface area (Å²) in [5, 5.41) is 9.52. The van der Waals surface area contributed by atoms with Crippen LogP contribution in [0.25, 0.3) is 5.52 Å². The van der Waals surface area contributed by atoms with E-state index >= 15 is 0 Å². The van der Waals surface area contributed by atoms with Crippen LogP contribution in [0.15, 0.2) is 17.0 Å². The van der Waals surface area contributed by atoms with E-state index in [1.54, 1.807) is 6.20 Å². The van der Waals surface area contributed by atoms with E-state index in [2.05, 4.69) is 32.8 Å². The highest BCUT2D eigenvalue weighted by Gasteiger charge is 2.57. The fraction of sp³-hybridized carbons (Fsp3) is 0.533. The predicted molar refractivity (Wildman–Crippen MR) is 86.6 cm³/mol. The maximum absolute atomic E-state index is 11.6. The molecule has 1 saturated carbocycles. The number of rotatable bonds is 2. The van der Waals surface area contributed by atoms with Gasteiger partial charge in [-0.25, -0.2) is 9.97 Å². The average Bonchev–Trinajstić information content (AvgIpc) is 2.88. The van der Waals surface area contributed by atoms with Crippen LogP contribution < -0.4 is 5.73 Å². The molecular formula is C15H19BrN4O2. The summed E-state index contributed by atoms with van der Waals surface area (Å²) in [6.07, 6.45) is 4.88. The van der Waals surface area contributed by atoms with E-state index < -0.39 is 11.4 Å². The molecule has 1 aliphatic carbocycles. The van der Waals surface area contributed by atoms with Crippen LogP contribution in [0.1, 0.15) is 39.4 Å². The maximum Gasteiger partial charge on any atom is 0.307 e. The van der Waals surface area contributed by atoms with Crippen LogP contribution in [0.3, 0.4) is 0 Å². The molecule has 1 aliphatic rings. The lowest BCUT2D eigenvalue weighted by Crippen LogP contribution is -2.41. The Balaban J connectivity index is 2.24. The molecule has 118 valence electrons. The van der Waals surface area contributed by atoms with Crippen LogP contribution in [0, 0.1) is 11.3 Å². The summed E-state index contributed by atoms with van der Waals surface area (Å²) in [5.41, 5.74) is 5.91. The summed E-state index contributed by atoms with van der Waals surface area (Å²) < 4.78 is 2.57. The average molecular weight is 367 g/mol. The second-order valence-electron chi connectivity index (χ2n) is 6.74. The molecule has 0 amide bonds. The number of aliphatic carboxylic acids is 1. The molecule has 2 heterocycles. The van der Waals surface area contributed by atoms with Gasteiger partial charge in [-0.1, -0.05) is 20.8 Å². The molecule has 0 bridgehead atoms. The van der Waals surface area contributed by atoms with Crippen LogP contribution in [0.2, 0.25) is 0 Å². The number of halogens is 1. The Bertz CT molecular complexity index is 770. The minimum Gasteiger partial charge on any atom is -0.481 e. The van der Waals surface area contributed by atoms with Crippen molar-refractivity contribution < 1.29 is 9.90 Å². The third kappa shape index (κ3) is 1.81. The van der Waals surface area contributed by atoms with E-state index in [0.29, 0.717) is 16.8 Å². The summed E-state index contributed by atoms with van der Waals surface area (Å²) in [4.78, 5) is 20.4. The first-order valence-electron chi connectivity index (χ1n) is 7.21. The fourth-order valence-electron chi connectivity index (χ4n) is 3.74. The van der Waals surface area contributed by atoms with E-state index in [0.717, 1.165) is 17.8 Å². The van der Waals surface area contributed by atoms with Crippen LogP contribution in [0.4, 0.5) is 5.82 Å². The molecule has 0 saturated heterocycles. The van der Waals surface area contributed by atoms with Crippen molar-refractivity contribution in [1.82, 2.24) is 14.4 Å². The molecule has 0 spiro atoms.